The van der Waals surface area contributed by atoms with E-state index in [1.54, 1.807) is 12.1 Å². The van der Waals surface area contributed by atoms with Crippen molar-refractivity contribution in [2.45, 2.75) is 0 Å². The molecule has 0 bridgehead atoms. The monoisotopic (exact) mass is 277 g/mol. The molecule has 0 aliphatic heterocycles. The molecule has 2 N–H and O–H groups in total. The number of hydrogen-bond acceptors (Lipinski definition) is 2. The van der Waals surface area contributed by atoms with Crippen LogP contribution in [-0.2, 0) is 0 Å². The Morgan fingerprint density at radius 1 is 1.07 bits per heavy atom. The molecule has 0 fully saturated rings. The highest BCUT2D eigenvalue weighted by molar-refractivity contribution is 7.20. The van der Waals surface area contributed by atoms with E-state index in [9.17, 15) is 0 Å². The van der Waals surface area contributed by atoms with E-state index in [1.807, 2.05) is 12.1 Å². The normalized spacial score (nSPS) is 10.6. The lowest BCUT2D eigenvalue weighted by Crippen LogP contribution is -1.86. The molecule has 1 heterocycles. The number of thiophene rings is 1. The highest BCUT2D eigenvalue weighted by Crippen LogP contribution is 2.39. The molecule has 15 heavy (non-hydrogen) atoms. The lowest BCUT2D eigenvalue weighted by molar-refractivity contribution is 1.66. The summed E-state index contributed by atoms with van der Waals surface area (Å²) >= 11 is 19.1. The minimum absolute atomic E-state index is 0.535. The Balaban J connectivity index is 2.54. The second-order valence-corrected chi connectivity index (χ2v) is 5.67. The van der Waals surface area contributed by atoms with E-state index in [-0.39, 0.29) is 0 Å². The smallest absolute Gasteiger partial charge is 0.102 e. The van der Waals surface area contributed by atoms with Gasteiger partial charge in [0.05, 0.1) is 15.0 Å². The van der Waals surface area contributed by atoms with Crippen LogP contribution in [0.5, 0.6) is 0 Å². The van der Waals surface area contributed by atoms with E-state index in [4.69, 9.17) is 40.5 Å². The summed E-state index contributed by atoms with van der Waals surface area (Å²) in [7, 11) is 0. The standard InChI is InChI=1S/C10H6Cl3NS/c11-7-2-1-5(3-8(7)14)6-4-9(12)15-10(6)13/h1-4H,14H2. The summed E-state index contributed by atoms with van der Waals surface area (Å²) in [6.45, 7) is 0. The molecule has 0 aliphatic rings. The van der Waals surface area contributed by atoms with Gasteiger partial charge in [-0.05, 0) is 23.8 Å². The third-order valence-corrected chi connectivity index (χ3v) is 3.80. The summed E-state index contributed by atoms with van der Waals surface area (Å²) < 4.78 is 1.31. The van der Waals surface area contributed by atoms with Crippen LogP contribution in [0.4, 0.5) is 5.69 Å². The van der Waals surface area contributed by atoms with Gasteiger partial charge in [-0.15, -0.1) is 11.3 Å². The van der Waals surface area contributed by atoms with E-state index in [1.165, 1.54) is 11.3 Å². The SMILES string of the molecule is Nc1cc(-c2cc(Cl)sc2Cl)ccc1Cl. The minimum atomic E-state index is 0.535. The van der Waals surface area contributed by atoms with Gasteiger partial charge in [-0.1, -0.05) is 40.9 Å². The van der Waals surface area contributed by atoms with Crippen LogP contribution in [0.15, 0.2) is 24.3 Å². The summed E-state index contributed by atoms with van der Waals surface area (Å²) in [5.74, 6) is 0. The molecular formula is C10H6Cl3NS. The zero-order valence-corrected chi connectivity index (χ0v) is 10.5. The van der Waals surface area contributed by atoms with Crippen LogP contribution in [-0.4, -0.2) is 0 Å². The van der Waals surface area contributed by atoms with Crippen molar-refractivity contribution in [3.63, 3.8) is 0 Å². The molecule has 0 radical (unpaired) electrons. The molecule has 5 heteroatoms. The van der Waals surface area contributed by atoms with Crippen molar-refractivity contribution in [1.29, 1.82) is 0 Å². The molecule has 1 aromatic heterocycles. The fraction of sp³-hybridized carbons (Fsp3) is 0. The van der Waals surface area contributed by atoms with Gasteiger partial charge in [-0.3, -0.25) is 0 Å². The Bertz CT molecular complexity index is 507. The third kappa shape index (κ3) is 2.23. The van der Waals surface area contributed by atoms with Crippen molar-refractivity contribution < 1.29 is 0 Å². The van der Waals surface area contributed by atoms with Crippen molar-refractivity contribution in [3.05, 3.63) is 38.0 Å². The quantitative estimate of drug-likeness (QED) is 0.733. The summed E-state index contributed by atoms with van der Waals surface area (Å²) in [4.78, 5) is 0. The molecule has 0 atom stereocenters. The zero-order chi connectivity index (χ0) is 11.0. The summed E-state index contributed by atoms with van der Waals surface area (Å²) in [6, 6.07) is 7.21. The minimum Gasteiger partial charge on any atom is -0.398 e. The van der Waals surface area contributed by atoms with E-state index in [0.29, 0.717) is 19.4 Å². The number of nitrogen functional groups attached to an aromatic ring is 1. The van der Waals surface area contributed by atoms with Crippen molar-refractivity contribution >= 4 is 51.8 Å². The average molecular weight is 279 g/mol. The van der Waals surface area contributed by atoms with Gasteiger partial charge in [0.2, 0.25) is 0 Å². The molecule has 1 nitrogen and oxygen atoms in total. The van der Waals surface area contributed by atoms with Crippen LogP contribution in [0, 0.1) is 0 Å². The summed E-state index contributed by atoms with van der Waals surface area (Å²) in [5, 5.41) is 0.538. The predicted octanol–water partition coefficient (Wildman–Crippen LogP) is 4.96. The summed E-state index contributed by atoms with van der Waals surface area (Å²) in [6.07, 6.45) is 0. The van der Waals surface area contributed by atoms with E-state index in [0.717, 1.165) is 11.1 Å². The number of nitrogens with two attached hydrogens (primary N) is 1. The fourth-order valence-electron chi connectivity index (χ4n) is 1.25. The lowest BCUT2D eigenvalue weighted by Gasteiger charge is -2.02. The Hall–Kier alpha value is -0.410. The first-order valence-corrected chi connectivity index (χ1v) is 6.03. The van der Waals surface area contributed by atoms with Crippen molar-refractivity contribution in [2.24, 2.45) is 0 Å². The summed E-state index contributed by atoms with van der Waals surface area (Å²) in [5.41, 5.74) is 8.05. The number of halogens is 3. The van der Waals surface area contributed by atoms with Gasteiger partial charge in [0, 0.05) is 5.56 Å². The highest BCUT2D eigenvalue weighted by atomic mass is 35.5. The molecular weight excluding hydrogens is 273 g/mol. The maximum absolute atomic E-state index is 6.03. The van der Waals surface area contributed by atoms with Gasteiger partial charge in [-0.25, -0.2) is 0 Å². The van der Waals surface area contributed by atoms with Gasteiger partial charge < -0.3 is 5.73 Å². The molecule has 2 rings (SSSR count). The van der Waals surface area contributed by atoms with Crippen LogP contribution < -0.4 is 5.73 Å². The molecule has 0 saturated carbocycles. The van der Waals surface area contributed by atoms with Crippen LogP contribution in [0.1, 0.15) is 0 Å². The Labute approximate surface area is 106 Å². The molecule has 1 aromatic carbocycles. The maximum atomic E-state index is 6.03. The molecule has 78 valence electrons. The molecule has 0 spiro atoms. The Morgan fingerprint density at radius 2 is 1.80 bits per heavy atom. The van der Waals surface area contributed by atoms with Gasteiger partial charge in [-0.2, -0.15) is 0 Å². The predicted molar refractivity (Wildman–Crippen MR) is 69.2 cm³/mol. The second kappa shape index (κ2) is 4.22. The van der Waals surface area contributed by atoms with Crippen LogP contribution in [0.3, 0.4) is 0 Å². The number of rotatable bonds is 1. The maximum Gasteiger partial charge on any atom is 0.102 e. The molecule has 0 unspecified atom stereocenters. The largest absolute Gasteiger partial charge is 0.398 e. The zero-order valence-electron chi connectivity index (χ0n) is 7.43. The van der Waals surface area contributed by atoms with Gasteiger partial charge in [0.25, 0.3) is 0 Å². The van der Waals surface area contributed by atoms with Gasteiger partial charge >= 0.3 is 0 Å². The molecule has 0 saturated heterocycles. The second-order valence-electron chi connectivity index (χ2n) is 2.97. The number of anilines is 1. The topological polar surface area (TPSA) is 26.0 Å². The lowest BCUT2D eigenvalue weighted by atomic mass is 10.1. The number of hydrogen-bond donors (Lipinski definition) is 1. The Morgan fingerprint density at radius 3 is 2.33 bits per heavy atom. The first-order valence-electron chi connectivity index (χ1n) is 4.08. The third-order valence-electron chi connectivity index (χ3n) is 1.96. The van der Waals surface area contributed by atoms with E-state index < -0.39 is 0 Å². The average Bonchev–Trinajstić information content (AvgIpc) is 2.50. The number of benzene rings is 1. The van der Waals surface area contributed by atoms with Crippen LogP contribution in [0.25, 0.3) is 11.1 Å². The molecule has 2 aromatic rings. The highest BCUT2D eigenvalue weighted by Gasteiger charge is 2.09. The van der Waals surface area contributed by atoms with E-state index >= 15 is 0 Å². The van der Waals surface area contributed by atoms with Gasteiger partial charge in [0.1, 0.15) is 4.34 Å². The first-order chi connectivity index (χ1) is 7.08. The van der Waals surface area contributed by atoms with Crippen LogP contribution >= 0.6 is 46.1 Å². The first kappa shape index (κ1) is 11.1. The van der Waals surface area contributed by atoms with Crippen molar-refractivity contribution in [3.8, 4) is 11.1 Å². The van der Waals surface area contributed by atoms with E-state index in [2.05, 4.69) is 0 Å². The Kier molecular flexibility index (Phi) is 3.12. The van der Waals surface area contributed by atoms with Crippen LogP contribution in [0.2, 0.25) is 13.7 Å². The van der Waals surface area contributed by atoms with Gasteiger partial charge in [0.15, 0.2) is 0 Å². The van der Waals surface area contributed by atoms with Crippen molar-refractivity contribution in [1.82, 2.24) is 0 Å². The van der Waals surface area contributed by atoms with Crippen molar-refractivity contribution in [2.75, 3.05) is 5.73 Å². The molecule has 0 aliphatic carbocycles. The fourth-order valence-corrected chi connectivity index (χ4v) is 2.87. The molecule has 0 amide bonds.